The van der Waals surface area contributed by atoms with Crippen LogP contribution in [0.1, 0.15) is 66.7 Å². The predicted octanol–water partition coefficient (Wildman–Crippen LogP) is 5.31. The summed E-state index contributed by atoms with van der Waals surface area (Å²) in [6.45, 7) is 2.77. The van der Waals surface area contributed by atoms with Crippen molar-refractivity contribution in [1.82, 2.24) is 15.2 Å². The van der Waals surface area contributed by atoms with Crippen molar-refractivity contribution in [3.8, 4) is 5.75 Å². The maximum Gasteiger partial charge on any atom is 0.273 e. The largest absolute Gasteiger partial charge is 0.494 e. The van der Waals surface area contributed by atoms with Crippen LogP contribution in [-0.2, 0) is 11.3 Å². The van der Waals surface area contributed by atoms with Crippen LogP contribution in [-0.4, -0.2) is 34.3 Å². The number of pyridine rings is 1. The van der Waals surface area contributed by atoms with E-state index in [2.05, 4.69) is 10.3 Å². The van der Waals surface area contributed by atoms with E-state index in [9.17, 15) is 9.59 Å². The fraction of sp³-hybridized carbons (Fsp3) is 0.345. The number of ether oxygens (including phenoxy) is 1. The van der Waals surface area contributed by atoms with Crippen LogP contribution in [0.25, 0.3) is 0 Å². The molecule has 1 aromatic heterocycles. The highest BCUT2D eigenvalue weighted by Crippen LogP contribution is 2.28. The number of benzene rings is 2. The van der Waals surface area contributed by atoms with Gasteiger partial charge in [0.1, 0.15) is 17.5 Å². The Bertz CT molecular complexity index is 1080. The van der Waals surface area contributed by atoms with Gasteiger partial charge in [0.15, 0.2) is 0 Å². The molecule has 1 heterocycles. The van der Waals surface area contributed by atoms with Crippen molar-refractivity contribution < 1.29 is 14.3 Å². The van der Waals surface area contributed by atoms with Gasteiger partial charge >= 0.3 is 0 Å². The zero-order valence-electron chi connectivity index (χ0n) is 20.2. The molecule has 2 amide bonds. The van der Waals surface area contributed by atoms with Gasteiger partial charge in [-0.15, -0.1) is 0 Å². The zero-order valence-corrected chi connectivity index (χ0v) is 20.2. The summed E-state index contributed by atoms with van der Waals surface area (Å²) in [4.78, 5) is 33.5. The Morgan fingerprint density at radius 1 is 0.971 bits per heavy atom. The Balaban J connectivity index is 1.72. The van der Waals surface area contributed by atoms with Crippen LogP contribution in [0, 0.1) is 0 Å². The fourth-order valence-corrected chi connectivity index (χ4v) is 4.61. The smallest absolute Gasteiger partial charge is 0.273 e. The van der Waals surface area contributed by atoms with E-state index in [1.807, 2.05) is 61.5 Å². The maximum absolute atomic E-state index is 13.8. The van der Waals surface area contributed by atoms with Crippen molar-refractivity contribution in [3.05, 3.63) is 95.8 Å². The summed E-state index contributed by atoms with van der Waals surface area (Å²) in [7, 11) is 0. The van der Waals surface area contributed by atoms with Crippen molar-refractivity contribution in [1.29, 1.82) is 0 Å². The molecular formula is C29H33N3O3. The molecule has 1 aliphatic rings. The van der Waals surface area contributed by atoms with Crippen molar-refractivity contribution in [3.63, 3.8) is 0 Å². The van der Waals surface area contributed by atoms with Gasteiger partial charge in [-0.2, -0.15) is 0 Å². The summed E-state index contributed by atoms with van der Waals surface area (Å²) >= 11 is 0. The minimum atomic E-state index is -0.803. The van der Waals surface area contributed by atoms with Gasteiger partial charge in [0.05, 0.1) is 6.61 Å². The van der Waals surface area contributed by atoms with E-state index in [4.69, 9.17) is 4.74 Å². The highest BCUT2D eigenvalue weighted by Gasteiger charge is 2.34. The summed E-state index contributed by atoms with van der Waals surface area (Å²) in [5, 5.41) is 3.25. The van der Waals surface area contributed by atoms with Crippen molar-refractivity contribution in [2.45, 2.75) is 57.7 Å². The maximum atomic E-state index is 13.8. The highest BCUT2D eigenvalue weighted by atomic mass is 16.5. The van der Waals surface area contributed by atoms with Gasteiger partial charge in [-0.05, 0) is 55.2 Å². The van der Waals surface area contributed by atoms with Crippen LogP contribution in [0.3, 0.4) is 0 Å². The lowest BCUT2D eigenvalue weighted by Crippen LogP contribution is -2.47. The summed E-state index contributed by atoms with van der Waals surface area (Å²) < 4.78 is 5.60. The summed E-state index contributed by atoms with van der Waals surface area (Å²) in [5.74, 6) is 0.279. The van der Waals surface area contributed by atoms with Gasteiger partial charge in [-0.25, -0.2) is 0 Å². The normalized spacial score (nSPS) is 14.7. The molecule has 1 aliphatic carbocycles. The number of nitrogens with one attached hydrogen (secondary N) is 1. The average Bonchev–Trinajstić information content (AvgIpc) is 2.91. The lowest BCUT2D eigenvalue weighted by molar-refractivity contribution is -0.127. The molecule has 1 N–H and O–H groups in total. The quantitative estimate of drug-likeness (QED) is 0.459. The first-order chi connectivity index (χ1) is 17.2. The summed E-state index contributed by atoms with van der Waals surface area (Å²) in [5.41, 5.74) is 1.99. The number of amides is 2. The molecule has 0 unspecified atom stereocenters. The second kappa shape index (κ2) is 12.2. The monoisotopic (exact) mass is 471 g/mol. The fourth-order valence-electron chi connectivity index (χ4n) is 4.61. The first kappa shape index (κ1) is 24.5. The molecule has 1 saturated carbocycles. The van der Waals surface area contributed by atoms with Crippen molar-refractivity contribution >= 4 is 11.8 Å². The molecule has 2 aromatic carbocycles. The lowest BCUT2D eigenvalue weighted by Gasteiger charge is -2.33. The van der Waals surface area contributed by atoms with Gasteiger partial charge in [0.2, 0.25) is 5.91 Å². The second-order valence-electron chi connectivity index (χ2n) is 8.88. The van der Waals surface area contributed by atoms with Gasteiger partial charge in [0.25, 0.3) is 5.91 Å². The molecule has 0 spiro atoms. The molecule has 1 fully saturated rings. The van der Waals surface area contributed by atoms with Crippen LogP contribution >= 0.6 is 0 Å². The molecule has 182 valence electrons. The number of carbonyl (C=O) groups is 2. The van der Waals surface area contributed by atoms with Crippen molar-refractivity contribution in [2.24, 2.45) is 0 Å². The third-order valence-electron chi connectivity index (χ3n) is 6.36. The van der Waals surface area contributed by atoms with Crippen LogP contribution in [0.15, 0.2) is 79.0 Å². The predicted molar refractivity (Wildman–Crippen MR) is 136 cm³/mol. The third kappa shape index (κ3) is 6.47. The standard InChI is InChI=1S/C29H33N3O3/c1-2-35-25-18-16-23(17-19-25)27(28(33)31-24-13-7-4-8-14-24)32(21-22-11-5-3-6-12-22)29(34)26-15-9-10-20-30-26/h3,5-6,9-12,15-20,24,27H,2,4,7-8,13-14,21H2,1H3,(H,31,33)/t27-/m0/s1. The van der Waals surface area contributed by atoms with E-state index < -0.39 is 6.04 Å². The van der Waals surface area contributed by atoms with Crippen LogP contribution in [0.2, 0.25) is 0 Å². The number of aromatic nitrogens is 1. The Labute approximate surface area is 207 Å². The number of carbonyl (C=O) groups excluding carboxylic acids is 2. The molecule has 0 aliphatic heterocycles. The van der Waals surface area contributed by atoms with Crippen molar-refractivity contribution in [2.75, 3.05) is 6.61 Å². The molecule has 6 nitrogen and oxygen atoms in total. The van der Waals surface area contributed by atoms with Gasteiger partial charge in [0, 0.05) is 18.8 Å². The molecule has 4 rings (SSSR count). The number of hydrogen-bond donors (Lipinski definition) is 1. The van der Waals surface area contributed by atoms with Crippen LogP contribution in [0.4, 0.5) is 0 Å². The van der Waals surface area contributed by atoms with Crippen LogP contribution in [0.5, 0.6) is 5.75 Å². The third-order valence-corrected chi connectivity index (χ3v) is 6.36. The molecule has 0 bridgehead atoms. The highest BCUT2D eigenvalue weighted by molar-refractivity contribution is 5.96. The van der Waals surface area contributed by atoms with Gasteiger partial charge < -0.3 is 15.0 Å². The molecule has 3 aromatic rings. The number of rotatable bonds is 9. The summed E-state index contributed by atoms with van der Waals surface area (Å²) in [6, 6.07) is 21.8. The molecule has 0 radical (unpaired) electrons. The van der Waals surface area contributed by atoms with E-state index >= 15 is 0 Å². The van der Waals surface area contributed by atoms with Gasteiger partial charge in [-0.1, -0.05) is 67.8 Å². The van der Waals surface area contributed by atoms with E-state index in [0.29, 0.717) is 12.3 Å². The Hall–Kier alpha value is -3.67. The lowest BCUT2D eigenvalue weighted by atomic mass is 9.94. The first-order valence-corrected chi connectivity index (χ1v) is 12.4. The Morgan fingerprint density at radius 3 is 2.34 bits per heavy atom. The van der Waals surface area contributed by atoms with E-state index in [1.165, 1.54) is 6.42 Å². The van der Waals surface area contributed by atoms with E-state index in [0.717, 1.165) is 42.6 Å². The molecule has 35 heavy (non-hydrogen) atoms. The van der Waals surface area contributed by atoms with Gasteiger partial charge in [-0.3, -0.25) is 14.6 Å². The topological polar surface area (TPSA) is 71.5 Å². The minimum absolute atomic E-state index is 0.130. The van der Waals surface area contributed by atoms with E-state index in [-0.39, 0.29) is 24.4 Å². The number of nitrogens with zero attached hydrogens (tertiary/aromatic N) is 2. The Morgan fingerprint density at radius 2 is 1.69 bits per heavy atom. The number of hydrogen-bond acceptors (Lipinski definition) is 4. The average molecular weight is 472 g/mol. The summed E-state index contributed by atoms with van der Waals surface area (Å²) in [6.07, 6.45) is 6.96. The minimum Gasteiger partial charge on any atom is -0.494 e. The molecular weight excluding hydrogens is 438 g/mol. The Kier molecular flexibility index (Phi) is 8.49. The first-order valence-electron chi connectivity index (χ1n) is 12.4. The van der Waals surface area contributed by atoms with Crippen LogP contribution < -0.4 is 10.1 Å². The molecule has 1 atom stereocenters. The SMILES string of the molecule is CCOc1ccc([C@@H](C(=O)NC2CCCCC2)N(Cc2ccccc2)C(=O)c2ccccn2)cc1. The second-order valence-corrected chi connectivity index (χ2v) is 8.88. The van der Waals surface area contributed by atoms with E-state index in [1.54, 1.807) is 29.3 Å². The zero-order chi connectivity index (χ0) is 24.5. The molecule has 0 saturated heterocycles. The molecule has 6 heteroatoms.